The second kappa shape index (κ2) is 6.78. The second-order valence-corrected chi connectivity index (χ2v) is 6.82. The third-order valence-corrected chi connectivity index (χ3v) is 4.76. The number of nitrogens with one attached hydrogen (secondary N) is 1. The fourth-order valence-corrected chi connectivity index (χ4v) is 3.48. The maximum absolute atomic E-state index is 12.5. The molecule has 2 aromatic rings. The highest BCUT2D eigenvalue weighted by atomic mass is 16.7. The van der Waals surface area contributed by atoms with Gasteiger partial charge >= 0.3 is 6.03 Å². The summed E-state index contributed by atoms with van der Waals surface area (Å²) in [4.78, 5) is 16.7. The molecule has 4 rings (SSSR count). The van der Waals surface area contributed by atoms with Crippen LogP contribution in [0.3, 0.4) is 0 Å². The number of piperazine rings is 1. The summed E-state index contributed by atoms with van der Waals surface area (Å²) in [5, 5.41) is 2.95. The highest BCUT2D eigenvalue weighted by Gasteiger charge is 2.22. The summed E-state index contributed by atoms with van der Waals surface area (Å²) in [5.74, 6) is 1.38. The summed E-state index contributed by atoms with van der Waals surface area (Å²) in [7, 11) is 0. The Balaban J connectivity index is 1.36. The molecule has 2 aromatic carbocycles. The molecule has 0 aromatic heterocycles. The number of anilines is 2. The van der Waals surface area contributed by atoms with Crippen LogP contribution in [0.25, 0.3) is 0 Å². The zero-order chi connectivity index (χ0) is 18.1. The van der Waals surface area contributed by atoms with Crippen molar-refractivity contribution in [2.75, 3.05) is 43.2 Å². The van der Waals surface area contributed by atoms with E-state index in [1.807, 2.05) is 17.0 Å². The number of urea groups is 1. The highest BCUT2D eigenvalue weighted by molar-refractivity contribution is 5.90. The van der Waals surface area contributed by atoms with Gasteiger partial charge in [-0.2, -0.15) is 0 Å². The molecule has 0 aliphatic carbocycles. The molecule has 136 valence electrons. The number of carbonyl (C=O) groups excluding carboxylic acids is 1. The Bertz CT molecular complexity index is 809. The van der Waals surface area contributed by atoms with Gasteiger partial charge in [0.05, 0.1) is 0 Å². The van der Waals surface area contributed by atoms with Crippen LogP contribution in [0.1, 0.15) is 11.1 Å². The maximum Gasteiger partial charge on any atom is 0.321 e. The third-order valence-electron chi connectivity index (χ3n) is 4.76. The monoisotopic (exact) mass is 353 g/mol. The SMILES string of the molecule is Cc1cc(C)cc(N2CCN(C(=O)Nc3ccc4c(c3)OCO4)CC2)c1. The Hall–Kier alpha value is -2.89. The molecular weight excluding hydrogens is 330 g/mol. The number of hydrogen-bond donors (Lipinski definition) is 1. The Morgan fingerprint density at radius 3 is 2.35 bits per heavy atom. The van der Waals surface area contributed by atoms with Crippen LogP contribution in [-0.2, 0) is 0 Å². The number of aryl methyl sites for hydroxylation is 2. The van der Waals surface area contributed by atoms with Gasteiger partial charge in [-0.25, -0.2) is 4.79 Å². The van der Waals surface area contributed by atoms with E-state index < -0.39 is 0 Å². The number of ether oxygens (including phenoxy) is 2. The normalized spacial score (nSPS) is 15.9. The minimum absolute atomic E-state index is 0.0797. The van der Waals surface area contributed by atoms with E-state index in [9.17, 15) is 4.79 Å². The molecule has 2 heterocycles. The van der Waals surface area contributed by atoms with Gasteiger partial charge in [0.2, 0.25) is 6.79 Å². The fraction of sp³-hybridized carbons (Fsp3) is 0.350. The van der Waals surface area contributed by atoms with Gasteiger partial charge in [0, 0.05) is 43.6 Å². The lowest BCUT2D eigenvalue weighted by atomic mass is 10.1. The van der Waals surface area contributed by atoms with Crippen molar-refractivity contribution >= 4 is 17.4 Å². The van der Waals surface area contributed by atoms with Crippen molar-refractivity contribution in [3.63, 3.8) is 0 Å². The largest absolute Gasteiger partial charge is 0.454 e. The van der Waals surface area contributed by atoms with Crippen LogP contribution < -0.4 is 19.7 Å². The molecule has 2 aliphatic rings. The predicted octanol–water partition coefficient (Wildman–Crippen LogP) is 3.39. The lowest BCUT2D eigenvalue weighted by molar-refractivity contribution is 0.174. The molecule has 26 heavy (non-hydrogen) atoms. The zero-order valence-corrected chi connectivity index (χ0v) is 15.1. The first kappa shape index (κ1) is 16.6. The molecule has 0 spiro atoms. The minimum atomic E-state index is -0.0797. The Morgan fingerprint density at radius 1 is 0.923 bits per heavy atom. The number of nitrogens with zero attached hydrogens (tertiary/aromatic N) is 2. The minimum Gasteiger partial charge on any atom is -0.454 e. The summed E-state index contributed by atoms with van der Waals surface area (Å²) in [6, 6.07) is 12.0. The molecule has 1 N–H and O–H groups in total. The topological polar surface area (TPSA) is 54.0 Å². The standard InChI is InChI=1S/C20H23N3O3/c1-14-9-15(2)11-17(10-14)22-5-7-23(8-6-22)20(24)21-16-3-4-18-19(12-16)26-13-25-18/h3-4,9-12H,5-8,13H2,1-2H3,(H,21,24). The first-order chi connectivity index (χ1) is 12.6. The van der Waals surface area contributed by atoms with Gasteiger partial charge in [-0.05, 0) is 49.2 Å². The number of rotatable bonds is 2. The smallest absolute Gasteiger partial charge is 0.321 e. The maximum atomic E-state index is 12.5. The Morgan fingerprint density at radius 2 is 1.62 bits per heavy atom. The fourth-order valence-electron chi connectivity index (χ4n) is 3.48. The average Bonchev–Trinajstić information content (AvgIpc) is 3.09. The van der Waals surface area contributed by atoms with Crippen LogP contribution >= 0.6 is 0 Å². The van der Waals surface area contributed by atoms with E-state index in [1.54, 1.807) is 6.07 Å². The van der Waals surface area contributed by atoms with E-state index >= 15 is 0 Å². The van der Waals surface area contributed by atoms with Crippen molar-refractivity contribution in [1.82, 2.24) is 4.90 Å². The van der Waals surface area contributed by atoms with Crippen LogP contribution in [0.15, 0.2) is 36.4 Å². The van der Waals surface area contributed by atoms with Crippen molar-refractivity contribution in [3.8, 4) is 11.5 Å². The molecule has 6 nitrogen and oxygen atoms in total. The van der Waals surface area contributed by atoms with E-state index in [1.165, 1.54) is 16.8 Å². The molecule has 1 fully saturated rings. The molecular formula is C20H23N3O3. The molecule has 0 radical (unpaired) electrons. The molecule has 0 atom stereocenters. The summed E-state index contributed by atoms with van der Waals surface area (Å²) in [5.41, 5.74) is 4.49. The van der Waals surface area contributed by atoms with Crippen LogP contribution in [-0.4, -0.2) is 43.9 Å². The molecule has 1 saturated heterocycles. The molecule has 0 saturated carbocycles. The number of benzene rings is 2. The quantitative estimate of drug-likeness (QED) is 0.899. The number of hydrogen-bond acceptors (Lipinski definition) is 4. The van der Waals surface area contributed by atoms with Crippen molar-refractivity contribution < 1.29 is 14.3 Å². The van der Waals surface area contributed by atoms with Crippen molar-refractivity contribution in [3.05, 3.63) is 47.5 Å². The first-order valence-electron chi connectivity index (χ1n) is 8.87. The second-order valence-electron chi connectivity index (χ2n) is 6.82. The first-order valence-corrected chi connectivity index (χ1v) is 8.87. The third kappa shape index (κ3) is 3.40. The average molecular weight is 353 g/mol. The lowest BCUT2D eigenvalue weighted by Crippen LogP contribution is -2.50. The summed E-state index contributed by atoms with van der Waals surface area (Å²) in [6.45, 7) is 7.52. The number of carbonyl (C=O) groups is 1. The summed E-state index contributed by atoms with van der Waals surface area (Å²) < 4.78 is 10.6. The number of amides is 2. The zero-order valence-electron chi connectivity index (χ0n) is 15.1. The van der Waals surface area contributed by atoms with Gasteiger partial charge in [0.15, 0.2) is 11.5 Å². The van der Waals surface area contributed by atoms with E-state index in [2.05, 4.69) is 42.3 Å². The summed E-state index contributed by atoms with van der Waals surface area (Å²) >= 11 is 0. The molecule has 6 heteroatoms. The highest BCUT2D eigenvalue weighted by Crippen LogP contribution is 2.34. The van der Waals surface area contributed by atoms with Crippen molar-refractivity contribution in [1.29, 1.82) is 0 Å². The predicted molar refractivity (Wildman–Crippen MR) is 101 cm³/mol. The van der Waals surface area contributed by atoms with Gasteiger partial charge in [-0.1, -0.05) is 6.07 Å². The Kier molecular flexibility index (Phi) is 4.32. The molecule has 0 unspecified atom stereocenters. The van der Waals surface area contributed by atoms with Gasteiger partial charge in [-0.15, -0.1) is 0 Å². The van der Waals surface area contributed by atoms with Crippen LogP contribution in [0.2, 0.25) is 0 Å². The van der Waals surface area contributed by atoms with E-state index in [0.717, 1.165) is 18.8 Å². The van der Waals surface area contributed by atoms with E-state index in [4.69, 9.17) is 9.47 Å². The lowest BCUT2D eigenvalue weighted by Gasteiger charge is -2.36. The van der Waals surface area contributed by atoms with Crippen LogP contribution in [0, 0.1) is 13.8 Å². The van der Waals surface area contributed by atoms with Crippen LogP contribution in [0.4, 0.5) is 16.2 Å². The van der Waals surface area contributed by atoms with Crippen molar-refractivity contribution in [2.45, 2.75) is 13.8 Å². The van der Waals surface area contributed by atoms with Crippen molar-refractivity contribution in [2.24, 2.45) is 0 Å². The van der Waals surface area contributed by atoms with E-state index in [-0.39, 0.29) is 12.8 Å². The van der Waals surface area contributed by atoms with Gasteiger partial charge in [-0.3, -0.25) is 0 Å². The van der Waals surface area contributed by atoms with Gasteiger partial charge in [0.1, 0.15) is 0 Å². The number of fused-ring (bicyclic) bond motifs is 1. The molecule has 2 amide bonds. The molecule has 0 bridgehead atoms. The Labute approximate surface area is 153 Å². The summed E-state index contributed by atoms with van der Waals surface area (Å²) in [6.07, 6.45) is 0. The van der Waals surface area contributed by atoms with Crippen LogP contribution in [0.5, 0.6) is 11.5 Å². The van der Waals surface area contributed by atoms with Gasteiger partial charge < -0.3 is 24.6 Å². The van der Waals surface area contributed by atoms with Gasteiger partial charge in [0.25, 0.3) is 0 Å². The molecule has 2 aliphatic heterocycles. The van der Waals surface area contributed by atoms with E-state index in [0.29, 0.717) is 24.6 Å².